The number of hydrogen-bond acceptors (Lipinski definition) is 4. The molecule has 1 aromatic heterocycles. The maximum Gasteiger partial charge on any atom is 0.264 e. The van der Waals surface area contributed by atoms with E-state index in [2.05, 4.69) is 29.3 Å². The Balaban J connectivity index is 1.48. The van der Waals surface area contributed by atoms with Gasteiger partial charge in [0.05, 0.1) is 17.5 Å². The van der Waals surface area contributed by atoms with E-state index in [1.165, 1.54) is 11.3 Å². The molecule has 5 nitrogen and oxygen atoms in total. The highest BCUT2D eigenvalue weighted by molar-refractivity contribution is 7.12. The fraction of sp³-hybridized carbons (Fsp3) is 0.429. The van der Waals surface area contributed by atoms with Gasteiger partial charge in [0.15, 0.2) is 0 Å². The number of benzene rings is 1. The highest BCUT2D eigenvalue weighted by Gasteiger charge is 2.24. The minimum Gasteiger partial charge on any atom is -0.348 e. The van der Waals surface area contributed by atoms with Crippen LogP contribution in [0.5, 0.6) is 0 Å². The Labute approximate surface area is 165 Å². The van der Waals surface area contributed by atoms with Crippen LogP contribution in [0.15, 0.2) is 47.8 Å². The summed E-state index contributed by atoms with van der Waals surface area (Å²) in [6, 6.07) is 14.0. The molecule has 0 saturated carbocycles. The smallest absolute Gasteiger partial charge is 0.264 e. The summed E-state index contributed by atoms with van der Waals surface area (Å²) in [4.78, 5) is 29.7. The van der Waals surface area contributed by atoms with Crippen molar-refractivity contribution >= 4 is 23.2 Å². The molecular formula is C21H27N3O2S. The summed E-state index contributed by atoms with van der Waals surface area (Å²) in [6.07, 6.45) is 1.95. The quantitative estimate of drug-likeness (QED) is 0.797. The lowest BCUT2D eigenvalue weighted by Gasteiger charge is -2.34. The first kappa shape index (κ1) is 19.6. The minimum atomic E-state index is 0.0512. The number of piperazine rings is 1. The van der Waals surface area contributed by atoms with Crippen molar-refractivity contribution in [3.8, 4) is 0 Å². The van der Waals surface area contributed by atoms with Gasteiger partial charge < -0.3 is 10.2 Å². The molecule has 0 unspecified atom stereocenters. The molecule has 1 aliphatic rings. The fourth-order valence-electron chi connectivity index (χ4n) is 3.40. The molecule has 2 heterocycles. The third-order valence-corrected chi connectivity index (χ3v) is 5.73. The topological polar surface area (TPSA) is 52.7 Å². The van der Waals surface area contributed by atoms with Crippen LogP contribution in [0.3, 0.4) is 0 Å². The van der Waals surface area contributed by atoms with Crippen LogP contribution in [0.25, 0.3) is 0 Å². The predicted molar refractivity (Wildman–Crippen MR) is 109 cm³/mol. The lowest BCUT2D eigenvalue weighted by Crippen LogP contribution is -2.51. The standard InChI is InChI=1S/C21H27N3O2S/c1-2-7-18(17-8-4-3-5-9-17)22-20(25)16-23-11-13-24(14-12-23)21(26)19-10-6-15-27-19/h3-6,8-10,15,18H,2,7,11-14,16H2,1H3,(H,22,25)/t18-/m0/s1. The Kier molecular flexibility index (Phi) is 7.01. The van der Waals surface area contributed by atoms with Gasteiger partial charge in [0.25, 0.3) is 5.91 Å². The summed E-state index contributed by atoms with van der Waals surface area (Å²) in [7, 11) is 0. The van der Waals surface area contributed by atoms with Gasteiger partial charge in [-0.05, 0) is 23.4 Å². The van der Waals surface area contributed by atoms with Gasteiger partial charge in [0.1, 0.15) is 0 Å². The molecule has 1 aromatic carbocycles. The highest BCUT2D eigenvalue weighted by atomic mass is 32.1. The largest absolute Gasteiger partial charge is 0.348 e. The van der Waals surface area contributed by atoms with E-state index < -0.39 is 0 Å². The first-order valence-corrected chi connectivity index (χ1v) is 10.4. The first-order valence-electron chi connectivity index (χ1n) is 9.57. The molecule has 1 atom stereocenters. The SMILES string of the molecule is CCC[C@H](NC(=O)CN1CCN(C(=O)c2cccs2)CC1)c1ccccc1. The van der Waals surface area contributed by atoms with Crippen LogP contribution in [0.2, 0.25) is 0 Å². The molecule has 0 aliphatic carbocycles. The molecule has 27 heavy (non-hydrogen) atoms. The molecular weight excluding hydrogens is 358 g/mol. The van der Waals surface area contributed by atoms with Gasteiger partial charge in [0.2, 0.25) is 5.91 Å². The average Bonchev–Trinajstić information content (AvgIpc) is 3.23. The van der Waals surface area contributed by atoms with Crippen LogP contribution in [-0.4, -0.2) is 54.3 Å². The van der Waals surface area contributed by atoms with E-state index in [9.17, 15) is 9.59 Å². The van der Waals surface area contributed by atoms with E-state index >= 15 is 0 Å². The molecule has 2 amide bonds. The molecule has 1 fully saturated rings. The monoisotopic (exact) mass is 385 g/mol. The average molecular weight is 386 g/mol. The third kappa shape index (κ3) is 5.40. The Morgan fingerprint density at radius 1 is 1.07 bits per heavy atom. The first-order chi connectivity index (χ1) is 13.2. The van der Waals surface area contributed by atoms with E-state index in [1.54, 1.807) is 0 Å². The van der Waals surface area contributed by atoms with Crippen molar-refractivity contribution in [2.45, 2.75) is 25.8 Å². The second-order valence-corrected chi connectivity index (χ2v) is 7.81. The molecule has 6 heteroatoms. The number of rotatable bonds is 7. The zero-order valence-electron chi connectivity index (χ0n) is 15.8. The molecule has 144 valence electrons. The van der Waals surface area contributed by atoms with E-state index in [0.29, 0.717) is 19.6 Å². The summed E-state index contributed by atoms with van der Waals surface area (Å²) >= 11 is 1.48. The van der Waals surface area contributed by atoms with Gasteiger partial charge in [0, 0.05) is 26.2 Å². The van der Waals surface area contributed by atoms with Crippen molar-refractivity contribution in [2.75, 3.05) is 32.7 Å². The second-order valence-electron chi connectivity index (χ2n) is 6.87. The Morgan fingerprint density at radius 3 is 2.44 bits per heavy atom. The van der Waals surface area contributed by atoms with Crippen molar-refractivity contribution in [1.82, 2.24) is 15.1 Å². The zero-order chi connectivity index (χ0) is 19.1. The maximum atomic E-state index is 12.5. The van der Waals surface area contributed by atoms with Gasteiger partial charge in [-0.2, -0.15) is 0 Å². The summed E-state index contributed by atoms with van der Waals surface area (Å²) < 4.78 is 0. The molecule has 2 aromatic rings. The normalized spacial score (nSPS) is 16.1. The number of nitrogens with one attached hydrogen (secondary N) is 1. The number of carbonyl (C=O) groups excluding carboxylic acids is 2. The summed E-state index contributed by atoms with van der Waals surface area (Å²) in [5, 5.41) is 5.10. The number of carbonyl (C=O) groups is 2. The van der Waals surface area contributed by atoms with E-state index in [-0.39, 0.29) is 17.9 Å². The molecule has 1 aliphatic heterocycles. The van der Waals surface area contributed by atoms with Crippen LogP contribution >= 0.6 is 11.3 Å². The number of amides is 2. The van der Waals surface area contributed by atoms with Crippen LogP contribution < -0.4 is 5.32 Å². The number of hydrogen-bond donors (Lipinski definition) is 1. The maximum absolute atomic E-state index is 12.5. The van der Waals surface area contributed by atoms with Crippen molar-refractivity contribution in [1.29, 1.82) is 0 Å². The fourth-order valence-corrected chi connectivity index (χ4v) is 4.10. The number of nitrogens with zero attached hydrogens (tertiary/aromatic N) is 2. The van der Waals surface area contributed by atoms with Gasteiger partial charge in [-0.25, -0.2) is 0 Å². The van der Waals surface area contributed by atoms with Crippen molar-refractivity contribution in [3.63, 3.8) is 0 Å². The van der Waals surface area contributed by atoms with Crippen LogP contribution in [0.4, 0.5) is 0 Å². The van der Waals surface area contributed by atoms with Gasteiger partial charge in [-0.3, -0.25) is 14.5 Å². The summed E-state index contributed by atoms with van der Waals surface area (Å²) in [5.74, 6) is 0.150. The van der Waals surface area contributed by atoms with Gasteiger partial charge >= 0.3 is 0 Å². The number of thiophene rings is 1. The van der Waals surface area contributed by atoms with E-state index in [4.69, 9.17) is 0 Å². The lowest BCUT2D eigenvalue weighted by atomic mass is 10.0. The Morgan fingerprint density at radius 2 is 1.81 bits per heavy atom. The third-order valence-electron chi connectivity index (χ3n) is 4.87. The molecule has 1 saturated heterocycles. The van der Waals surface area contributed by atoms with Crippen molar-refractivity contribution in [3.05, 3.63) is 58.3 Å². The predicted octanol–water partition coefficient (Wildman–Crippen LogP) is 3.16. The lowest BCUT2D eigenvalue weighted by molar-refractivity contribution is -0.123. The van der Waals surface area contributed by atoms with Crippen molar-refractivity contribution in [2.24, 2.45) is 0 Å². The van der Waals surface area contributed by atoms with Crippen LogP contribution in [-0.2, 0) is 4.79 Å². The second kappa shape index (κ2) is 9.67. The van der Waals surface area contributed by atoms with Gasteiger partial charge in [-0.15, -0.1) is 11.3 Å². The molecule has 3 rings (SSSR count). The molecule has 0 bridgehead atoms. The zero-order valence-corrected chi connectivity index (χ0v) is 16.6. The van der Waals surface area contributed by atoms with Crippen LogP contribution in [0, 0.1) is 0 Å². The molecule has 0 spiro atoms. The highest BCUT2D eigenvalue weighted by Crippen LogP contribution is 2.18. The molecule has 1 N–H and O–H groups in total. The summed E-state index contributed by atoms with van der Waals surface area (Å²) in [6.45, 7) is 5.31. The Bertz CT molecular complexity index is 725. The molecule has 0 radical (unpaired) electrons. The summed E-state index contributed by atoms with van der Waals surface area (Å²) in [5.41, 5.74) is 1.15. The van der Waals surface area contributed by atoms with Crippen LogP contribution in [0.1, 0.15) is 41.0 Å². The van der Waals surface area contributed by atoms with E-state index in [1.807, 2.05) is 40.6 Å². The Hall–Kier alpha value is -2.18. The van der Waals surface area contributed by atoms with E-state index in [0.717, 1.165) is 36.4 Å². The minimum absolute atomic E-state index is 0.0512. The van der Waals surface area contributed by atoms with Crippen molar-refractivity contribution < 1.29 is 9.59 Å². The van der Waals surface area contributed by atoms with Gasteiger partial charge in [-0.1, -0.05) is 49.7 Å².